The Bertz CT molecular complexity index is 2500. The molecule has 0 saturated heterocycles. The smallest absolute Gasteiger partial charge is 0.143 e. The molecular formula is C41H27FN5O2Pt-3. The van der Waals surface area contributed by atoms with Gasteiger partial charge in [-0.25, -0.2) is 9.37 Å². The summed E-state index contributed by atoms with van der Waals surface area (Å²) in [5.41, 5.74) is 7.07. The molecule has 3 aromatic heterocycles. The number of ether oxygens (including phenoxy) is 1. The van der Waals surface area contributed by atoms with Gasteiger partial charge in [-0.3, -0.25) is 0 Å². The molecule has 9 rings (SSSR count). The molecule has 7 nitrogen and oxygen atoms in total. The zero-order chi connectivity index (χ0) is 32.9. The Morgan fingerprint density at radius 2 is 1.62 bits per heavy atom. The van der Waals surface area contributed by atoms with E-state index in [1.54, 1.807) is 18.3 Å². The Hall–Kier alpha value is -5.72. The number of aromatic nitrogens is 3. The number of benzene rings is 5. The van der Waals surface area contributed by atoms with Crippen LogP contribution in [0.2, 0.25) is 0 Å². The van der Waals surface area contributed by atoms with Crippen molar-refractivity contribution in [2.45, 2.75) is 13.3 Å². The number of hydrogen-bond donors (Lipinski definition) is 0. The van der Waals surface area contributed by atoms with Crippen molar-refractivity contribution in [2.24, 2.45) is 0 Å². The third kappa shape index (κ3) is 5.52. The average molecular weight is 836 g/mol. The van der Waals surface area contributed by atoms with Gasteiger partial charge in [0.15, 0.2) is 0 Å². The van der Waals surface area contributed by atoms with E-state index < -0.39 is 0 Å². The SMILES string of the molecule is CCc1ccnc(-n2c3[c-]c(Oc4[c-]c(N5[CH-]N(c6cccc(F)c6)c6ccccc65)cc(-c5ccno5)c4)ccc3c3ccccc32)c1.[Pt]. The van der Waals surface area contributed by atoms with Gasteiger partial charge in [0.2, 0.25) is 0 Å². The van der Waals surface area contributed by atoms with E-state index in [4.69, 9.17) is 14.2 Å². The van der Waals surface area contributed by atoms with Gasteiger partial charge in [-0.2, -0.15) is 6.07 Å². The van der Waals surface area contributed by atoms with Crippen molar-refractivity contribution in [3.05, 3.63) is 158 Å². The first-order chi connectivity index (χ1) is 24.1. The zero-order valence-corrected chi connectivity index (χ0v) is 28.9. The number of hydrogen-bond acceptors (Lipinski definition) is 6. The van der Waals surface area contributed by atoms with Crippen molar-refractivity contribution in [1.82, 2.24) is 14.7 Å². The van der Waals surface area contributed by atoms with Gasteiger partial charge in [-0.1, -0.05) is 59.6 Å². The Kier molecular flexibility index (Phi) is 8.17. The van der Waals surface area contributed by atoms with E-state index in [0.717, 1.165) is 51.0 Å². The molecule has 1 aliphatic rings. The van der Waals surface area contributed by atoms with Crippen LogP contribution in [0.4, 0.5) is 27.1 Å². The molecule has 8 aromatic rings. The summed E-state index contributed by atoms with van der Waals surface area (Å²) in [6.07, 6.45) is 4.37. The standard InChI is InChI=1S/C41H27FN5O2.Pt/c1-2-27-16-18-43-41(20-27)47-36-11-4-3-10-34(36)35-15-14-32(25-39(35)47)48-33-22-28(40-17-19-44-49-40)21-31(24-33)46-26-45(30-9-7-8-29(42)23-30)37-12-5-6-13-38(37)46;/h3-23,26H,2H2,1H3;/q-3;. The van der Waals surface area contributed by atoms with Crippen LogP contribution in [-0.4, -0.2) is 14.7 Å². The van der Waals surface area contributed by atoms with Gasteiger partial charge in [0.25, 0.3) is 0 Å². The van der Waals surface area contributed by atoms with Gasteiger partial charge in [-0.05, 0) is 65.9 Å². The quantitative estimate of drug-likeness (QED) is 0.149. The second-order valence-electron chi connectivity index (χ2n) is 11.7. The number of aryl methyl sites for hydroxylation is 1. The van der Waals surface area contributed by atoms with Gasteiger partial charge in [-0.15, -0.1) is 48.1 Å². The van der Waals surface area contributed by atoms with Crippen LogP contribution < -0.4 is 14.5 Å². The summed E-state index contributed by atoms with van der Waals surface area (Å²) in [5, 5.41) is 6.09. The molecule has 9 heteroatoms. The zero-order valence-electron chi connectivity index (χ0n) is 26.7. The van der Waals surface area contributed by atoms with Crippen LogP contribution >= 0.6 is 0 Å². The fraction of sp³-hybridized carbons (Fsp3) is 0.0488. The fourth-order valence-corrected chi connectivity index (χ4v) is 6.45. The Morgan fingerprint density at radius 3 is 2.44 bits per heavy atom. The van der Waals surface area contributed by atoms with Crippen LogP contribution in [0, 0.1) is 24.6 Å². The van der Waals surface area contributed by atoms with Gasteiger partial charge >= 0.3 is 0 Å². The molecule has 4 heterocycles. The maximum Gasteiger partial charge on any atom is 0.143 e. The molecule has 0 radical (unpaired) electrons. The largest absolute Gasteiger partial charge is 0.509 e. The summed E-state index contributed by atoms with van der Waals surface area (Å²) in [4.78, 5) is 8.70. The average Bonchev–Trinajstić information content (AvgIpc) is 3.89. The molecule has 0 amide bonds. The predicted octanol–water partition coefficient (Wildman–Crippen LogP) is 10.3. The van der Waals surface area contributed by atoms with Gasteiger partial charge in [0, 0.05) is 67.4 Å². The van der Waals surface area contributed by atoms with Crippen molar-refractivity contribution in [3.8, 4) is 28.6 Å². The van der Waals surface area contributed by atoms with E-state index in [0.29, 0.717) is 28.6 Å². The molecular weight excluding hydrogens is 809 g/mol. The van der Waals surface area contributed by atoms with Crippen molar-refractivity contribution in [1.29, 1.82) is 0 Å². The van der Waals surface area contributed by atoms with Crippen molar-refractivity contribution in [2.75, 3.05) is 9.80 Å². The van der Waals surface area contributed by atoms with Gasteiger partial charge < -0.3 is 23.6 Å². The minimum Gasteiger partial charge on any atom is -0.509 e. The molecule has 0 atom stereocenters. The second-order valence-corrected chi connectivity index (χ2v) is 11.7. The summed E-state index contributed by atoms with van der Waals surface area (Å²) < 4.78 is 28.6. The van der Waals surface area contributed by atoms with Crippen LogP contribution in [0.25, 0.3) is 38.9 Å². The first kappa shape index (κ1) is 31.5. The number of nitrogens with zero attached hydrogens (tertiary/aromatic N) is 5. The molecule has 0 N–H and O–H groups in total. The minimum absolute atomic E-state index is 0. The first-order valence-corrected chi connectivity index (χ1v) is 16.0. The number of halogens is 1. The minimum atomic E-state index is -0.308. The molecule has 0 saturated carbocycles. The van der Waals surface area contributed by atoms with E-state index >= 15 is 0 Å². The summed E-state index contributed by atoms with van der Waals surface area (Å²) >= 11 is 0. The number of fused-ring (bicyclic) bond motifs is 4. The molecule has 0 aliphatic carbocycles. The predicted molar refractivity (Wildman–Crippen MR) is 189 cm³/mol. The van der Waals surface area contributed by atoms with Crippen LogP contribution in [-0.2, 0) is 27.5 Å². The summed E-state index contributed by atoms with van der Waals surface area (Å²) in [6, 6.07) is 43.6. The number of rotatable bonds is 7. The Balaban J connectivity index is 0.00000361. The normalized spacial score (nSPS) is 12.4. The van der Waals surface area contributed by atoms with E-state index in [1.807, 2.05) is 89.4 Å². The van der Waals surface area contributed by atoms with Crippen LogP contribution in [0.5, 0.6) is 11.5 Å². The molecule has 0 fully saturated rings. The molecule has 50 heavy (non-hydrogen) atoms. The van der Waals surface area contributed by atoms with E-state index in [9.17, 15) is 4.39 Å². The fourth-order valence-electron chi connectivity index (χ4n) is 6.45. The third-order valence-corrected chi connectivity index (χ3v) is 8.75. The molecule has 0 bridgehead atoms. The number of anilines is 4. The van der Waals surface area contributed by atoms with E-state index in [-0.39, 0.29) is 26.9 Å². The van der Waals surface area contributed by atoms with Crippen molar-refractivity contribution < 1.29 is 34.7 Å². The summed E-state index contributed by atoms with van der Waals surface area (Å²) in [6.45, 7) is 4.06. The number of pyridine rings is 1. The topological polar surface area (TPSA) is 59.6 Å². The molecule has 248 valence electrons. The third-order valence-electron chi connectivity index (χ3n) is 8.75. The second kappa shape index (κ2) is 13.0. The maximum absolute atomic E-state index is 14.3. The summed E-state index contributed by atoms with van der Waals surface area (Å²) in [5.74, 6) is 2.08. The van der Waals surface area contributed by atoms with Crippen LogP contribution in [0.15, 0.2) is 132 Å². The van der Waals surface area contributed by atoms with Crippen LogP contribution in [0.1, 0.15) is 12.5 Å². The first-order valence-electron chi connectivity index (χ1n) is 16.0. The molecule has 0 spiro atoms. The van der Waals surface area contributed by atoms with Crippen LogP contribution in [0.3, 0.4) is 0 Å². The summed E-state index contributed by atoms with van der Waals surface area (Å²) in [7, 11) is 0. The van der Waals surface area contributed by atoms with Gasteiger partial charge in [0.1, 0.15) is 17.4 Å². The van der Waals surface area contributed by atoms with E-state index in [2.05, 4.69) is 53.0 Å². The monoisotopic (exact) mass is 835 g/mol. The Labute approximate surface area is 302 Å². The molecule has 5 aromatic carbocycles. The molecule has 1 aliphatic heterocycles. The van der Waals surface area contributed by atoms with Crippen molar-refractivity contribution in [3.63, 3.8) is 0 Å². The Morgan fingerprint density at radius 1 is 0.780 bits per heavy atom. The van der Waals surface area contributed by atoms with Gasteiger partial charge in [0.05, 0.1) is 6.20 Å². The van der Waals surface area contributed by atoms with E-state index in [1.165, 1.54) is 17.7 Å². The maximum atomic E-state index is 14.3. The van der Waals surface area contributed by atoms with Crippen molar-refractivity contribution >= 4 is 44.6 Å². The molecule has 0 unspecified atom stereocenters. The number of para-hydroxylation sites is 3.